The number of hydrogen-bond donors (Lipinski definition) is 1. The fraction of sp³-hybridized carbons (Fsp3) is 0.733. The minimum absolute atomic E-state index is 0.281. The topological polar surface area (TPSA) is 37.6 Å². The molecule has 4 heteroatoms. The van der Waals surface area contributed by atoms with Crippen LogP contribution in [0.25, 0.3) is 0 Å². The van der Waals surface area contributed by atoms with Gasteiger partial charge in [-0.05, 0) is 52.9 Å². The number of nitrogens with zero attached hydrogens (tertiary/aromatic N) is 1. The highest BCUT2D eigenvalue weighted by Gasteiger charge is 2.25. The van der Waals surface area contributed by atoms with Gasteiger partial charge >= 0.3 is 0 Å². The molecule has 1 aliphatic heterocycles. The minimum atomic E-state index is 0.281. The number of furan rings is 1. The third-order valence-electron chi connectivity index (χ3n) is 3.79. The minimum Gasteiger partial charge on any atom is -0.468 e. The molecule has 0 saturated carbocycles. The zero-order valence-electron chi connectivity index (χ0n) is 12.4. The first-order valence-electron chi connectivity index (χ1n) is 7.15. The van der Waals surface area contributed by atoms with E-state index < -0.39 is 0 Å². The molecule has 1 N–H and O–H groups in total. The lowest BCUT2D eigenvalue weighted by atomic mass is 9.99. The second kappa shape index (κ2) is 6.55. The SMILES string of the molecule is CC1CC(NCC(c2ccco2)N(C)C)CC(C)O1. The first-order valence-corrected chi connectivity index (χ1v) is 7.15. The fourth-order valence-corrected chi connectivity index (χ4v) is 2.87. The highest BCUT2D eigenvalue weighted by Crippen LogP contribution is 2.21. The Labute approximate surface area is 116 Å². The van der Waals surface area contributed by atoms with Gasteiger partial charge in [0, 0.05) is 12.6 Å². The Morgan fingerprint density at radius 2 is 2.00 bits per heavy atom. The van der Waals surface area contributed by atoms with Gasteiger partial charge in [-0.1, -0.05) is 0 Å². The van der Waals surface area contributed by atoms with E-state index in [4.69, 9.17) is 9.15 Å². The van der Waals surface area contributed by atoms with Gasteiger partial charge < -0.3 is 14.5 Å². The summed E-state index contributed by atoms with van der Waals surface area (Å²) in [5.41, 5.74) is 0. The van der Waals surface area contributed by atoms with E-state index in [0.717, 1.165) is 25.1 Å². The lowest BCUT2D eigenvalue weighted by molar-refractivity contribution is -0.0427. The second-order valence-corrected chi connectivity index (χ2v) is 5.83. The zero-order chi connectivity index (χ0) is 13.8. The van der Waals surface area contributed by atoms with E-state index in [-0.39, 0.29) is 6.04 Å². The molecule has 1 fully saturated rings. The van der Waals surface area contributed by atoms with Crippen LogP contribution >= 0.6 is 0 Å². The van der Waals surface area contributed by atoms with Crippen molar-refractivity contribution in [1.82, 2.24) is 10.2 Å². The lowest BCUT2D eigenvalue weighted by Gasteiger charge is -2.34. The van der Waals surface area contributed by atoms with Crippen LogP contribution in [0.3, 0.4) is 0 Å². The molecule has 0 amide bonds. The smallest absolute Gasteiger partial charge is 0.122 e. The van der Waals surface area contributed by atoms with Crippen molar-refractivity contribution >= 4 is 0 Å². The Bertz CT molecular complexity index is 354. The monoisotopic (exact) mass is 266 g/mol. The standard InChI is InChI=1S/C15H26N2O2/c1-11-8-13(9-12(2)19-11)16-10-14(17(3)4)15-6-5-7-18-15/h5-7,11-14,16H,8-10H2,1-4H3. The highest BCUT2D eigenvalue weighted by molar-refractivity contribution is 5.05. The van der Waals surface area contributed by atoms with Gasteiger partial charge in [-0.2, -0.15) is 0 Å². The summed E-state index contributed by atoms with van der Waals surface area (Å²) in [6, 6.07) is 4.81. The fourth-order valence-electron chi connectivity index (χ4n) is 2.87. The van der Waals surface area contributed by atoms with Crippen LogP contribution in [-0.4, -0.2) is 43.8 Å². The molecule has 108 valence electrons. The van der Waals surface area contributed by atoms with Gasteiger partial charge in [0.15, 0.2) is 0 Å². The molecule has 3 unspecified atom stereocenters. The van der Waals surface area contributed by atoms with Gasteiger partial charge in [0.25, 0.3) is 0 Å². The quantitative estimate of drug-likeness (QED) is 0.888. The summed E-state index contributed by atoms with van der Waals surface area (Å²) in [7, 11) is 4.17. The molecule has 0 radical (unpaired) electrons. The van der Waals surface area contributed by atoms with Gasteiger partial charge in [-0.15, -0.1) is 0 Å². The van der Waals surface area contributed by atoms with Crippen LogP contribution < -0.4 is 5.32 Å². The summed E-state index contributed by atoms with van der Waals surface area (Å²) < 4.78 is 11.3. The van der Waals surface area contributed by atoms with Crippen LogP contribution in [0.1, 0.15) is 38.5 Å². The van der Waals surface area contributed by atoms with Gasteiger partial charge in [0.05, 0.1) is 24.5 Å². The van der Waals surface area contributed by atoms with Crippen molar-refractivity contribution in [1.29, 1.82) is 0 Å². The Morgan fingerprint density at radius 1 is 1.32 bits per heavy atom. The van der Waals surface area contributed by atoms with Crippen LogP contribution in [0.4, 0.5) is 0 Å². The molecule has 0 aromatic carbocycles. The van der Waals surface area contributed by atoms with E-state index in [1.807, 2.05) is 12.1 Å². The first-order chi connectivity index (χ1) is 9.06. The molecule has 2 rings (SSSR count). The molecule has 19 heavy (non-hydrogen) atoms. The summed E-state index contributed by atoms with van der Waals surface area (Å²) in [6.45, 7) is 5.21. The van der Waals surface area contributed by atoms with Gasteiger partial charge in [0.2, 0.25) is 0 Å². The van der Waals surface area contributed by atoms with Crippen LogP contribution in [-0.2, 0) is 4.74 Å². The number of nitrogens with one attached hydrogen (secondary N) is 1. The lowest BCUT2D eigenvalue weighted by Crippen LogP contribution is -2.44. The van der Waals surface area contributed by atoms with E-state index in [1.54, 1.807) is 6.26 Å². The first kappa shape index (κ1) is 14.6. The Balaban J connectivity index is 1.89. The third kappa shape index (κ3) is 4.06. The van der Waals surface area contributed by atoms with Crippen molar-refractivity contribution in [3.05, 3.63) is 24.2 Å². The largest absolute Gasteiger partial charge is 0.468 e. The molecular formula is C15H26N2O2. The van der Waals surface area contributed by atoms with Crippen LogP contribution in [0, 0.1) is 0 Å². The average Bonchev–Trinajstić information content (AvgIpc) is 2.81. The van der Waals surface area contributed by atoms with Crippen molar-refractivity contribution in [3.63, 3.8) is 0 Å². The second-order valence-electron chi connectivity index (χ2n) is 5.83. The number of rotatable bonds is 5. The van der Waals surface area contributed by atoms with Crippen LogP contribution in [0.5, 0.6) is 0 Å². The molecule has 1 saturated heterocycles. The molecule has 4 nitrogen and oxygen atoms in total. The average molecular weight is 266 g/mol. The molecule has 1 aromatic rings. The van der Waals surface area contributed by atoms with Crippen molar-refractivity contribution in [2.75, 3.05) is 20.6 Å². The third-order valence-corrected chi connectivity index (χ3v) is 3.79. The number of likely N-dealkylation sites (N-methyl/N-ethyl adjacent to an activating group) is 1. The maximum absolute atomic E-state index is 5.77. The molecule has 1 aliphatic rings. The summed E-state index contributed by atoms with van der Waals surface area (Å²) in [6.07, 6.45) is 4.61. The predicted octanol–water partition coefficient (Wildman–Crippen LogP) is 2.43. The Morgan fingerprint density at radius 3 is 2.53 bits per heavy atom. The predicted molar refractivity (Wildman–Crippen MR) is 76.2 cm³/mol. The Kier molecular flexibility index (Phi) is 5.02. The molecular weight excluding hydrogens is 240 g/mol. The Hall–Kier alpha value is -0.840. The molecule has 0 bridgehead atoms. The van der Waals surface area contributed by atoms with E-state index in [2.05, 4.69) is 38.2 Å². The molecule has 2 heterocycles. The van der Waals surface area contributed by atoms with Crippen molar-refractivity contribution in [3.8, 4) is 0 Å². The number of ether oxygens (including phenoxy) is 1. The molecule has 3 atom stereocenters. The highest BCUT2D eigenvalue weighted by atomic mass is 16.5. The zero-order valence-corrected chi connectivity index (χ0v) is 12.4. The maximum Gasteiger partial charge on any atom is 0.122 e. The van der Waals surface area contributed by atoms with E-state index >= 15 is 0 Å². The van der Waals surface area contributed by atoms with Crippen molar-refractivity contribution in [2.24, 2.45) is 0 Å². The summed E-state index contributed by atoms with van der Waals surface area (Å²) >= 11 is 0. The van der Waals surface area contributed by atoms with Crippen molar-refractivity contribution in [2.45, 2.75) is 51.0 Å². The molecule has 0 spiro atoms. The van der Waals surface area contributed by atoms with E-state index in [1.165, 1.54) is 0 Å². The van der Waals surface area contributed by atoms with Gasteiger partial charge in [-0.3, -0.25) is 4.90 Å². The van der Waals surface area contributed by atoms with Crippen molar-refractivity contribution < 1.29 is 9.15 Å². The summed E-state index contributed by atoms with van der Waals surface area (Å²) in [5.74, 6) is 1.02. The van der Waals surface area contributed by atoms with Crippen LogP contribution in [0.15, 0.2) is 22.8 Å². The molecule has 1 aromatic heterocycles. The summed E-state index contributed by atoms with van der Waals surface area (Å²) in [4.78, 5) is 2.19. The maximum atomic E-state index is 5.77. The number of hydrogen-bond acceptors (Lipinski definition) is 4. The summed E-state index contributed by atoms with van der Waals surface area (Å²) in [5, 5.41) is 3.67. The van der Waals surface area contributed by atoms with Gasteiger partial charge in [0.1, 0.15) is 5.76 Å². The van der Waals surface area contributed by atoms with E-state index in [9.17, 15) is 0 Å². The van der Waals surface area contributed by atoms with Crippen LogP contribution in [0.2, 0.25) is 0 Å². The normalized spacial score (nSPS) is 29.6. The van der Waals surface area contributed by atoms with E-state index in [0.29, 0.717) is 18.2 Å². The molecule has 0 aliphatic carbocycles. The van der Waals surface area contributed by atoms with Gasteiger partial charge in [-0.25, -0.2) is 0 Å².